The van der Waals surface area contributed by atoms with E-state index in [4.69, 9.17) is 0 Å². The maximum Gasteiger partial charge on any atom is 0.416 e. The molecule has 180 valence electrons. The van der Waals surface area contributed by atoms with Crippen LogP contribution in [0.25, 0.3) is 5.69 Å². The average Bonchev–Trinajstić information content (AvgIpc) is 3.21. The molecule has 0 fully saturated rings. The molecule has 2 aromatic carbocycles. The maximum absolute atomic E-state index is 13.0. The Morgan fingerprint density at radius 1 is 1.03 bits per heavy atom. The predicted molar refractivity (Wildman–Crippen MR) is 130 cm³/mol. The van der Waals surface area contributed by atoms with Crippen molar-refractivity contribution in [2.45, 2.75) is 30.9 Å². The Bertz CT molecular complexity index is 1340. The van der Waals surface area contributed by atoms with Crippen LogP contribution in [0, 0.1) is 13.8 Å². The highest BCUT2D eigenvalue weighted by atomic mass is 79.9. The van der Waals surface area contributed by atoms with Crippen LogP contribution in [0.5, 0.6) is 0 Å². The van der Waals surface area contributed by atoms with Crippen molar-refractivity contribution in [3.8, 4) is 5.69 Å². The second-order valence-corrected chi connectivity index (χ2v) is 9.38. The molecule has 0 radical (unpaired) electrons. The van der Waals surface area contributed by atoms with E-state index in [1.54, 1.807) is 4.68 Å². The first kappa shape index (κ1) is 24.9. The summed E-state index contributed by atoms with van der Waals surface area (Å²) >= 11 is 4.72. The minimum atomic E-state index is -4.46. The zero-order chi connectivity index (χ0) is 25.2. The molecular formula is C23H18BrF3N6OS. The molecular weight excluding hydrogens is 545 g/mol. The molecule has 2 aromatic heterocycles. The number of nitrogens with zero attached hydrogens (tertiary/aromatic N) is 5. The molecule has 0 aliphatic carbocycles. The standard InChI is InChI=1S/C23H18BrF3N6OS/c1-13-11-14(2)29-22(28-13)35-12-19-20(31-32-33(19)18-9-5-16(24)6-10-18)21(34)30-17-7-3-15(4-8-17)23(25,26)27/h3-11H,12H2,1-2H3,(H,30,34). The topological polar surface area (TPSA) is 85.6 Å². The van der Waals surface area contributed by atoms with Crippen LogP contribution in [0.4, 0.5) is 18.9 Å². The second kappa shape index (κ2) is 10.2. The SMILES string of the molecule is Cc1cc(C)nc(SCc2c(C(=O)Nc3ccc(C(F)(F)F)cc3)nnn2-c2ccc(Br)cc2)n1. The Labute approximate surface area is 211 Å². The van der Waals surface area contributed by atoms with Gasteiger partial charge in [0.05, 0.1) is 16.9 Å². The summed E-state index contributed by atoms with van der Waals surface area (Å²) in [5, 5.41) is 11.4. The van der Waals surface area contributed by atoms with Crippen molar-refractivity contribution in [1.82, 2.24) is 25.0 Å². The van der Waals surface area contributed by atoms with Gasteiger partial charge in [-0.05, 0) is 68.4 Å². The fourth-order valence-corrected chi connectivity index (χ4v) is 4.43. The number of amides is 1. The summed E-state index contributed by atoms with van der Waals surface area (Å²) in [6.07, 6.45) is -4.46. The van der Waals surface area contributed by atoms with E-state index in [2.05, 4.69) is 41.5 Å². The van der Waals surface area contributed by atoms with Crippen LogP contribution in [0.1, 0.15) is 33.1 Å². The van der Waals surface area contributed by atoms with E-state index in [9.17, 15) is 18.0 Å². The lowest BCUT2D eigenvalue weighted by atomic mass is 10.2. The van der Waals surface area contributed by atoms with Gasteiger partial charge >= 0.3 is 6.18 Å². The highest BCUT2D eigenvalue weighted by molar-refractivity contribution is 9.10. The zero-order valence-electron chi connectivity index (χ0n) is 18.5. The quantitative estimate of drug-likeness (QED) is 0.229. The van der Waals surface area contributed by atoms with Gasteiger partial charge in [0, 0.05) is 27.3 Å². The highest BCUT2D eigenvalue weighted by Crippen LogP contribution is 2.30. The summed E-state index contributed by atoms with van der Waals surface area (Å²) < 4.78 is 40.9. The molecule has 1 N–H and O–H groups in total. The van der Waals surface area contributed by atoms with Gasteiger partial charge in [-0.25, -0.2) is 14.6 Å². The first-order valence-corrected chi connectivity index (χ1v) is 12.0. The summed E-state index contributed by atoms with van der Waals surface area (Å²) in [6.45, 7) is 3.74. The number of carbonyl (C=O) groups excluding carboxylic acids is 1. The van der Waals surface area contributed by atoms with Crippen LogP contribution in [0.3, 0.4) is 0 Å². The third-order valence-corrected chi connectivity index (χ3v) is 6.21. The Hall–Kier alpha value is -3.25. The molecule has 35 heavy (non-hydrogen) atoms. The van der Waals surface area contributed by atoms with Gasteiger partial charge in [0.2, 0.25) is 0 Å². The fourth-order valence-electron chi connectivity index (χ4n) is 3.22. The number of anilines is 1. The number of halogens is 4. The number of benzene rings is 2. The lowest BCUT2D eigenvalue weighted by Crippen LogP contribution is -2.15. The number of thioether (sulfide) groups is 1. The number of aromatic nitrogens is 5. The van der Waals surface area contributed by atoms with Gasteiger partial charge in [0.15, 0.2) is 10.9 Å². The molecule has 0 aliphatic rings. The molecule has 4 rings (SSSR count). The van der Waals surface area contributed by atoms with Crippen LogP contribution >= 0.6 is 27.7 Å². The summed E-state index contributed by atoms with van der Waals surface area (Å²) in [7, 11) is 0. The van der Waals surface area contributed by atoms with Crippen molar-refractivity contribution in [2.24, 2.45) is 0 Å². The molecule has 1 amide bonds. The first-order valence-electron chi connectivity index (χ1n) is 10.2. The van der Waals surface area contributed by atoms with E-state index in [1.165, 1.54) is 23.9 Å². The van der Waals surface area contributed by atoms with Crippen LogP contribution in [-0.4, -0.2) is 30.9 Å². The third kappa shape index (κ3) is 6.06. The van der Waals surface area contributed by atoms with Crippen molar-refractivity contribution in [3.05, 3.63) is 87.4 Å². The average molecular weight is 563 g/mol. The van der Waals surface area contributed by atoms with Crippen LogP contribution < -0.4 is 5.32 Å². The van der Waals surface area contributed by atoms with Crippen molar-refractivity contribution in [3.63, 3.8) is 0 Å². The third-order valence-electron chi connectivity index (χ3n) is 4.82. The molecule has 0 saturated heterocycles. The molecule has 0 unspecified atom stereocenters. The van der Waals surface area contributed by atoms with Gasteiger partial charge in [-0.2, -0.15) is 13.2 Å². The molecule has 0 spiro atoms. The number of aryl methyl sites for hydroxylation is 2. The van der Waals surface area contributed by atoms with Crippen molar-refractivity contribution < 1.29 is 18.0 Å². The number of rotatable bonds is 6. The van der Waals surface area contributed by atoms with E-state index in [-0.39, 0.29) is 17.1 Å². The lowest BCUT2D eigenvalue weighted by molar-refractivity contribution is -0.137. The Balaban J connectivity index is 1.63. The van der Waals surface area contributed by atoms with E-state index in [0.717, 1.165) is 28.0 Å². The number of hydrogen-bond acceptors (Lipinski definition) is 6. The Kier molecular flexibility index (Phi) is 7.22. The monoisotopic (exact) mass is 562 g/mol. The number of carbonyl (C=O) groups is 1. The Morgan fingerprint density at radius 2 is 1.66 bits per heavy atom. The molecule has 0 saturated carbocycles. The van der Waals surface area contributed by atoms with Gasteiger partial charge in [0.25, 0.3) is 5.91 Å². The van der Waals surface area contributed by atoms with Gasteiger partial charge in [-0.3, -0.25) is 4.79 Å². The summed E-state index contributed by atoms with van der Waals surface area (Å²) in [4.78, 5) is 21.9. The summed E-state index contributed by atoms with van der Waals surface area (Å²) in [6, 6.07) is 13.4. The normalized spacial score (nSPS) is 11.5. The van der Waals surface area contributed by atoms with Gasteiger partial charge in [0.1, 0.15) is 0 Å². The second-order valence-electron chi connectivity index (χ2n) is 7.52. The zero-order valence-corrected chi connectivity index (χ0v) is 20.9. The van der Waals surface area contributed by atoms with Gasteiger partial charge < -0.3 is 5.32 Å². The van der Waals surface area contributed by atoms with Crippen LogP contribution in [0.2, 0.25) is 0 Å². The van der Waals surface area contributed by atoms with E-state index in [0.29, 0.717) is 16.5 Å². The molecule has 0 atom stereocenters. The molecule has 0 bridgehead atoms. The number of nitrogens with one attached hydrogen (secondary N) is 1. The summed E-state index contributed by atoms with van der Waals surface area (Å²) in [5.41, 5.74) is 2.26. The van der Waals surface area contributed by atoms with Gasteiger partial charge in [-0.15, -0.1) is 5.10 Å². The van der Waals surface area contributed by atoms with Crippen molar-refractivity contribution in [2.75, 3.05) is 5.32 Å². The number of hydrogen-bond donors (Lipinski definition) is 1. The molecule has 0 aliphatic heterocycles. The van der Waals surface area contributed by atoms with Crippen LogP contribution in [0.15, 0.2) is 64.2 Å². The molecule has 2 heterocycles. The van der Waals surface area contributed by atoms with Crippen LogP contribution in [-0.2, 0) is 11.9 Å². The minimum absolute atomic E-state index is 0.0460. The van der Waals surface area contributed by atoms with Crippen molar-refractivity contribution in [1.29, 1.82) is 0 Å². The van der Waals surface area contributed by atoms with E-state index in [1.807, 2.05) is 44.2 Å². The minimum Gasteiger partial charge on any atom is -0.321 e. The molecule has 7 nitrogen and oxygen atoms in total. The first-order chi connectivity index (χ1) is 16.6. The number of alkyl halides is 3. The summed E-state index contributed by atoms with van der Waals surface area (Å²) in [5.74, 6) is -0.313. The largest absolute Gasteiger partial charge is 0.416 e. The molecule has 12 heteroatoms. The highest BCUT2D eigenvalue weighted by Gasteiger charge is 2.30. The van der Waals surface area contributed by atoms with Gasteiger partial charge in [-0.1, -0.05) is 32.9 Å². The van der Waals surface area contributed by atoms with E-state index < -0.39 is 17.6 Å². The predicted octanol–water partition coefficient (Wildman–Crippen LogP) is 6.00. The maximum atomic E-state index is 13.0. The van der Waals surface area contributed by atoms with Crippen molar-refractivity contribution >= 4 is 39.3 Å². The van der Waals surface area contributed by atoms with E-state index >= 15 is 0 Å². The Morgan fingerprint density at radius 3 is 2.26 bits per heavy atom. The molecule has 4 aromatic rings. The fraction of sp³-hybridized carbons (Fsp3) is 0.174. The lowest BCUT2D eigenvalue weighted by Gasteiger charge is -2.10. The smallest absolute Gasteiger partial charge is 0.321 e.